The Morgan fingerprint density at radius 3 is 2.75 bits per heavy atom. The Kier molecular flexibility index (Phi) is 4.01. The van der Waals surface area contributed by atoms with Gasteiger partial charge in [0.25, 0.3) is 11.8 Å². The molecule has 0 radical (unpaired) electrons. The monoisotopic (exact) mass is 296 g/mol. The van der Waals surface area contributed by atoms with Gasteiger partial charge in [0.15, 0.2) is 5.60 Å². The SMILES string of the molecule is Cc1ccc(C(=O)N2CCC[C@](O)(C(N)=O)C2)cc1Cl. The second-order valence-electron chi connectivity index (χ2n) is 5.19. The second-order valence-corrected chi connectivity index (χ2v) is 5.60. The Morgan fingerprint density at radius 2 is 2.15 bits per heavy atom. The lowest BCUT2D eigenvalue weighted by atomic mass is 9.92. The zero-order chi connectivity index (χ0) is 14.9. The minimum Gasteiger partial charge on any atom is -0.378 e. The van der Waals surface area contributed by atoms with Gasteiger partial charge in [0.1, 0.15) is 0 Å². The van der Waals surface area contributed by atoms with Crippen molar-refractivity contribution in [2.24, 2.45) is 5.73 Å². The smallest absolute Gasteiger partial charge is 0.254 e. The Morgan fingerprint density at radius 1 is 1.45 bits per heavy atom. The number of β-amino-alcohol motifs (C(OH)–C–C–N with tert-alkyl or cyclic N) is 1. The molecule has 1 heterocycles. The fraction of sp³-hybridized carbons (Fsp3) is 0.429. The number of aryl methyl sites for hydroxylation is 1. The molecule has 20 heavy (non-hydrogen) atoms. The molecule has 1 aromatic carbocycles. The van der Waals surface area contributed by atoms with Crippen LogP contribution in [0.3, 0.4) is 0 Å². The predicted octanol–water partition coefficient (Wildman–Crippen LogP) is 1.10. The van der Waals surface area contributed by atoms with Crippen LogP contribution in [0.1, 0.15) is 28.8 Å². The van der Waals surface area contributed by atoms with E-state index < -0.39 is 11.5 Å². The van der Waals surface area contributed by atoms with E-state index in [1.165, 1.54) is 4.90 Å². The van der Waals surface area contributed by atoms with Crippen LogP contribution in [-0.4, -0.2) is 40.5 Å². The van der Waals surface area contributed by atoms with E-state index in [0.29, 0.717) is 23.6 Å². The number of likely N-dealkylation sites (tertiary alicyclic amines) is 1. The topological polar surface area (TPSA) is 83.6 Å². The summed E-state index contributed by atoms with van der Waals surface area (Å²) >= 11 is 6.01. The van der Waals surface area contributed by atoms with E-state index in [1.54, 1.807) is 18.2 Å². The summed E-state index contributed by atoms with van der Waals surface area (Å²) in [5.41, 5.74) is 4.89. The van der Waals surface area contributed by atoms with E-state index in [1.807, 2.05) is 6.92 Å². The summed E-state index contributed by atoms with van der Waals surface area (Å²) in [5, 5.41) is 10.6. The molecule has 0 aromatic heterocycles. The summed E-state index contributed by atoms with van der Waals surface area (Å²) in [5.74, 6) is -1.05. The molecule has 1 aliphatic rings. The van der Waals surface area contributed by atoms with Crippen molar-refractivity contribution in [3.63, 3.8) is 0 Å². The van der Waals surface area contributed by atoms with Gasteiger partial charge in [0, 0.05) is 17.1 Å². The molecule has 6 heteroatoms. The first kappa shape index (κ1) is 14.8. The number of piperidine rings is 1. The van der Waals surface area contributed by atoms with E-state index in [-0.39, 0.29) is 18.9 Å². The summed E-state index contributed by atoms with van der Waals surface area (Å²) in [6.45, 7) is 2.26. The zero-order valence-corrected chi connectivity index (χ0v) is 12.0. The third-order valence-electron chi connectivity index (χ3n) is 3.64. The van der Waals surface area contributed by atoms with Gasteiger partial charge >= 0.3 is 0 Å². The molecule has 1 aromatic rings. The second kappa shape index (κ2) is 5.42. The van der Waals surface area contributed by atoms with Crippen LogP contribution in [0.2, 0.25) is 5.02 Å². The molecular formula is C14H17ClN2O3. The summed E-state index contributed by atoms with van der Waals surface area (Å²) in [6.07, 6.45) is 0.811. The number of hydrogen-bond acceptors (Lipinski definition) is 3. The molecule has 1 atom stereocenters. The van der Waals surface area contributed by atoms with Crippen LogP contribution in [0.15, 0.2) is 18.2 Å². The molecule has 2 rings (SSSR count). The van der Waals surface area contributed by atoms with Gasteiger partial charge in [0.2, 0.25) is 0 Å². The Labute approximate surface area is 122 Å². The minimum absolute atomic E-state index is 0.0767. The molecule has 1 fully saturated rings. The van der Waals surface area contributed by atoms with Gasteiger partial charge in [-0.3, -0.25) is 9.59 Å². The van der Waals surface area contributed by atoms with Crippen LogP contribution in [0, 0.1) is 6.92 Å². The van der Waals surface area contributed by atoms with Crippen molar-refractivity contribution >= 4 is 23.4 Å². The highest BCUT2D eigenvalue weighted by Crippen LogP contribution is 2.24. The minimum atomic E-state index is -1.64. The highest BCUT2D eigenvalue weighted by atomic mass is 35.5. The summed E-state index contributed by atoms with van der Waals surface area (Å²) < 4.78 is 0. The number of carbonyl (C=O) groups is 2. The largest absolute Gasteiger partial charge is 0.378 e. The van der Waals surface area contributed by atoms with Crippen molar-refractivity contribution in [1.82, 2.24) is 4.90 Å². The van der Waals surface area contributed by atoms with Gasteiger partial charge in [-0.2, -0.15) is 0 Å². The first-order valence-corrected chi connectivity index (χ1v) is 6.79. The summed E-state index contributed by atoms with van der Waals surface area (Å²) in [4.78, 5) is 25.1. The van der Waals surface area contributed by atoms with Crippen molar-refractivity contribution in [3.8, 4) is 0 Å². The standard InChI is InChI=1S/C14H17ClN2O3/c1-9-3-4-10(7-11(9)15)12(18)17-6-2-5-14(20,8-17)13(16)19/h3-4,7,20H,2,5-6,8H2,1H3,(H2,16,19)/t14-/m1/s1. The van der Waals surface area contributed by atoms with Crippen molar-refractivity contribution < 1.29 is 14.7 Å². The molecule has 0 unspecified atom stereocenters. The highest BCUT2D eigenvalue weighted by molar-refractivity contribution is 6.31. The molecule has 3 N–H and O–H groups in total. The van der Waals surface area contributed by atoms with Gasteiger partial charge in [-0.25, -0.2) is 0 Å². The molecule has 108 valence electrons. The molecular weight excluding hydrogens is 280 g/mol. The summed E-state index contributed by atoms with van der Waals surface area (Å²) in [7, 11) is 0. The molecule has 1 aliphatic heterocycles. The third kappa shape index (κ3) is 2.78. The molecule has 0 saturated carbocycles. The highest BCUT2D eigenvalue weighted by Gasteiger charge is 2.40. The van der Waals surface area contributed by atoms with Crippen LogP contribution in [-0.2, 0) is 4.79 Å². The first-order valence-electron chi connectivity index (χ1n) is 6.41. The fourth-order valence-corrected chi connectivity index (χ4v) is 2.50. The van der Waals surface area contributed by atoms with Crippen molar-refractivity contribution in [2.45, 2.75) is 25.4 Å². The van der Waals surface area contributed by atoms with E-state index >= 15 is 0 Å². The van der Waals surface area contributed by atoms with E-state index in [0.717, 1.165) is 5.56 Å². The van der Waals surface area contributed by atoms with Crippen molar-refractivity contribution in [3.05, 3.63) is 34.3 Å². The van der Waals surface area contributed by atoms with Crippen LogP contribution in [0.5, 0.6) is 0 Å². The van der Waals surface area contributed by atoms with E-state index in [9.17, 15) is 14.7 Å². The lowest BCUT2D eigenvalue weighted by Gasteiger charge is -2.37. The maximum Gasteiger partial charge on any atom is 0.254 e. The maximum atomic E-state index is 12.4. The normalized spacial score (nSPS) is 22.6. The summed E-state index contributed by atoms with van der Waals surface area (Å²) in [6, 6.07) is 5.04. The van der Waals surface area contributed by atoms with Gasteiger partial charge in [-0.05, 0) is 37.5 Å². The quantitative estimate of drug-likeness (QED) is 0.857. The predicted molar refractivity (Wildman–Crippen MR) is 75.5 cm³/mol. The molecule has 0 bridgehead atoms. The first-order chi connectivity index (χ1) is 9.33. The number of primary amides is 1. The number of hydrogen-bond donors (Lipinski definition) is 2. The maximum absolute atomic E-state index is 12.4. The third-order valence-corrected chi connectivity index (χ3v) is 4.04. The van der Waals surface area contributed by atoms with Crippen molar-refractivity contribution in [1.29, 1.82) is 0 Å². The van der Waals surface area contributed by atoms with Crippen LogP contribution >= 0.6 is 11.6 Å². The Balaban J connectivity index is 2.20. The lowest BCUT2D eigenvalue weighted by molar-refractivity contribution is -0.140. The average Bonchev–Trinajstić information content (AvgIpc) is 2.41. The molecule has 5 nitrogen and oxygen atoms in total. The number of benzene rings is 1. The lowest BCUT2D eigenvalue weighted by Crippen LogP contribution is -2.57. The molecule has 0 spiro atoms. The number of carbonyl (C=O) groups excluding carboxylic acids is 2. The number of nitrogens with two attached hydrogens (primary N) is 1. The number of aliphatic hydroxyl groups is 1. The van der Waals surface area contributed by atoms with Gasteiger partial charge in [-0.1, -0.05) is 17.7 Å². The molecule has 2 amide bonds. The van der Waals surface area contributed by atoms with E-state index in [4.69, 9.17) is 17.3 Å². The van der Waals surface area contributed by atoms with Gasteiger partial charge in [-0.15, -0.1) is 0 Å². The number of nitrogens with zero attached hydrogens (tertiary/aromatic N) is 1. The van der Waals surface area contributed by atoms with Crippen LogP contribution in [0.25, 0.3) is 0 Å². The number of amides is 2. The Bertz CT molecular complexity index is 561. The van der Waals surface area contributed by atoms with Crippen molar-refractivity contribution in [2.75, 3.05) is 13.1 Å². The zero-order valence-electron chi connectivity index (χ0n) is 11.2. The van der Waals surface area contributed by atoms with Crippen LogP contribution < -0.4 is 5.73 Å². The van der Waals surface area contributed by atoms with Gasteiger partial charge < -0.3 is 15.7 Å². The van der Waals surface area contributed by atoms with Crippen LogP contribution in [0.4, 0.5) is 0 Å². The number of halogens is 1. The molecule has 0 aliphatic carbocycles. The number of rotatable bonds is 2. The van der Waals surface area contributed by atoms with E-state index in [2.05, 4.69) is 0 Å². The fourth-order valence-electron chi connectivity index (χ4n) is 2.32. The molecule has 1 saturated heterocycles. The van der Waals surface area contributed by atoms with Gasteiger partial charge in [0.05, 0.1) is 6.54 Å². The Hall–Kier alpha value is -1.59. The average molecular weight is 297 g/mol.